The van der Waals surface area contributed by atoms with Crippen LogP contribution in [-0.2, 0) is 0 Å². The minimum absolute atomic E-state index is 0.0204. The summed E-state index contributed by atoms with van der Waals surface area (Å²) in [5, 5.41) is 0. The van der Waals surface area contributed by atoms with Gasteiger partial charge in [0.25, 0.3) is 0 Å². The van der Waals surface area contributed by atoms with Crippen molar-refractivity contribution in [3.8, 4) is 5.75 Å². The molecule has 1 aromatic carbocycles. The van der Waals surface area contributed by atoms with Crippen LogP contribution < -0.4 is 4.74 Å². The van der Waals surface area contributed by atoms with E-state index in [-0.39, 0.29) is 35.4 Å². The molecular formula is C11H10F4O2S. The van der Waals surface area contributed by atoms with Crippen LogP contribution in [0.4, 0.5) is 17.6 Å². The molecule has 0 amide bonds. The van der Waals surface area contributed by atoms with Crippen LogP contribution in [0.15, 0.2) is 18.2 Å². The fraction of sp³-hybridized carbons (Fsp3) is 0.364. The van der Waals surface area contributed by atoms with Gasteiger partial charge in [-0.2, -0.15) is 13.2 Å². The van der Waals surface area contributed by atoms with Gasteiger partial charge in [-0.15, -0.1) is 0 Å². The van der Waals surface area contributed by atoms with Crippen molar-refractivity contribution >= 4 is 17.5 Å². The van der Waals surface area contributed by atoms with Crippen molar-refractivity contribution < 1.29 is 27.1 Å². The number of benzene rings is 1. The molecule has 0 fully saturated rings. The van der Waals surface area contributed by atoms with Gasteiger partial charge in [-0.25, -0.2) is 4.39 Å². The highest BCUT2D eigenvalue weighted by Crippen LogP contribution is 2.30. The Bertz CT molecular complexity index is 432. The average molecular weight is 282 g/mol. The zero-order valence-corrected chi connectivity index (χ0v) is 10.2. The summed E-state index contributed by atoms with van der Waals surface area (Å²) in [6.45, 7) is 1.02. The lowest BCUT2D eigenvalue weighted by molar-refractivity contribution is -0.0329. The van der Waals surface area contributed by atoms with E-state index in [0.717, 1.165) is 12.1 Å². The second kappa shape index (κ2) is 6.08. The van der Waals surface area contributed by atoms with Crippen molar-refractivity contribution in [2.75, 3.05) is 12.4 Å². The maximum absolute atomic E-state index is 12.9. The predicted molar refractivity (Wildman–Crippen MR) is 60.4 cm³/mol. The molecule has 0 aromatic heterocycles. The fourth-order valence-electron chi connectivity index (χ4n) is 1.21. The molecule has 2 nitrogen and oxygen atoms in total. The van der Waals surface area contributed by atoms with E-state index < -0.39 is 17.1 Å². The predicted octanol–water partition coefficient (Wildman–Crippen LogP) is 3.66. The number of hydrogen-bond donors (Lipinski definition) is 0. The number of hydrogen-bond acceptors (Lipinski definition) is 3. The minimum Gasteiger partial charge on any atom is -0.492 e. The monoisotopic (exact) mass is 282 g/mol. The Morgan fingerprint density at radius 1 is 1.39 bits per heavy atom. The third kappa shape index (κ3) is 4.95. The topological polar surface area (TPSA) is 26.3 Å². The lowest BCUT2D eigenvalue weighted by atomic mass is 10.1. The Morgan fingerprint density at radius 2 is 2.06 bits per heavy atom. The quantitative estimate of drug-likeness (QED) is 0.468. The first-order valence-corrected chi connectivity index (χ1v) is 5.92. The highest BCUT2D eigenvalue weighted by atomic mass is 32.2. The molecule has 1 aromatic rings. The summed E-state index contributed by atoms with van der Waals surface area (Å²) in [7, 11) is 0. The maximum Gasteiger partial charge on any atom is 0.441 e. The Kier molecular flexibility index (Phi) is 5.01. The van der Waals surface area contributed by atoms with Gasteiger partial charge in [0.2, 0.25) is 0 Å². The summed E-state index contributed by atoms with van der Waals surface area (Å²) in [4.78, 5) is 11.2. The second-order valence-electron chi connectivity index (χ2n) is 3.34. The van der Waals surface area contributed by atoms with Crippen molar-refractivity contribution in [3.05, 3.63) is 29.6 Å². The normalized spacial score (nSPS) is 11.4. The summed E-state index contributed by atoms with van der Waals surface area (Å²) >= 11 is -0.214. The summed E-state index contributed by atoms with van der Waals surface area (Å²) < 4.78 is 53.5. The summed E-state index contributed by atoms with van der Waals surface area (Å²) in [5.74, 6) is -1.21. The molecule has 0 saturated carbocycles. The molecule has 18 heavy (non-hydrogen) atoms. The van der Waals surface area contributed by atoms with Gasteiger partial charge >= 0.3 is 5.51 Å². The Hall–Kier alpha value is -1.24. The molecule has 7 heteroatoms. The first kappa shape index (κ1) is 14.8. The molecule has 0 radical (unpaired) electrons. The molecule has 0 bridgehead atoms. The number of Topliss-reactive ketones (excluding diaryl/α,β-unsaturated/α-hetero) is 1. The van der Waals surface area contributed by atoms with Gasteiger partial charge < -0.3 is 4.74 Å². The molecule has 0 aliphatic heterocycles. The second-order valence-corrected chi connectivity index (χ2v) is 4.50. The van der Waals surface area contributed by atoms with E-state index in [0.29, 0.717) is 0 Å². The third-order valence-corrected chi connectivity index (χ3v) is 2.63. The molecule has 0 heterocycles. The lowest BCUT2D eigenvalue weighted by Crippen LogP contribution is -2.09. The number of carbonyl (C=O) groups is 1. The number of alkyl halides is 3. The van der Waals surface area contributed by atoms with E-state index in [4.69, 9.17) is 4.74 Å². The number of thioether (sulfide) groups is 1. The smallest absolute Gasteiger partial charge is 0.441 e. The lowest BCUT2D eigenvalue weighted by Gasteiger charge is -2.10. The van der Waals surface area contributed by atoms with Crippen molar-refractivity contribution in [3.63, 3.8) is 0 Å². The average Bonchev–Trinajstić information content (AvgIpc) is 2.24. The number of rotatable bonds is 5. The zero-order chi connectivity index (χ0) is 13.8. The van der Waals surface area contributed by atoms with Gasteiger partial charge in [-0.05, 0) is 36.9 Å². The third-order valence-electron chi connectivity index (χ3n) is 1.93. The van der Waals surface area contributed by atoms with Gasteiger partial charge in [-0.1, -0.05) is 0 Å². The SMILES string of the molecule is CC(=O)c1cc(F)ccc1OCCSC(F)(F)F. The maximum atomic E-state index is 12.9. The van der Waals surface area contributed by atoms with E-state index in [2.05, 4.69) is 0 Å². The van der Waals surface area contributed by atoms with Crippen LogP contribution in [0, 0.1) is 5.82 Å². The van der Waals surface area contributed by atoms with E-state index in [1.807, 2.05) is 0 Å². The standard InChI is InChI=1S/C11H10F4O2S/c1-7(16)9-6-8(12)2-3-10(9)17-4-5-18-11(13,14)15/h2-3,6H,4-5H2,1H3. The molecule has 100 valence electrons. The van der Waals surface area contributed by atoms with E-state index in [9.17, 15) is 22.4 Å². The first-order valence-electron chi connectivity index (χ1n) is 4.93. The molecule has 0 spiro atoms. The van der Waals surface area contributed by atoms with Crippen molar-refractivity contribution in [2.24, 2.45) is 0 Å². The Balaban J connectivity index is 2.59. The summed E-state index contributed by atoms with van der Waals surface area (Å²) in [6, 6.07) is 3.30. The molecule has 0 unspecified atom stereocenters. The van der Waals surface area contributed by atoms with Crippen LogP contribution in [0.3, 0.4) is 0 Å². The van der Waals surface area contributed by atoms with Crippen LogP contribution in [0.2, 0.25) is 0 Å². The molecule has 0 aliphatic carbocycles. The fourth-order valence-corrected chi connectivity index (χ4v) is 1.61. The minimum atomic E-state index is -4.31. The van der Waals surface area contributed by atoms with Crippen LogP contribution in [0.25, 0.3) is 0 Å². The first-order chi connectivity index (χ1) is 8.29. The molecule has 1 rings (SSSR count). The molecule has 0 aliphatic rings. The van der Waals surface area contributed by atoms with Crippen molar-refractivity contribution in [1.29, 1.82) is 0 Å². The number of carbonyl (C=O) groups excluding carboxylic acids is 1. The van der Waals surface area contributed by atoms with Gasteiger partial charge in [0.1, 0.15) is 11.6 Å². The van der Waals surface area contributed by atoms with Gasteiger partial charge in [0.15, 0.2) is 5.78 Å². The number of ketones is 1. The van der Waals surface area contributed by atoms with Crippen LogP contribution in [0.5, 0.6) is 5.75 Å². The number of halogens is 4. The summed E-state index contributed by atoms with van der Waals surface area (Å²) in [6.07, 6.45) is 0. The summed E-state index contributed by atoms with van der Waals surface area (Å²) in [5.41, 5.74) is -4.29. The number of ether oxygens (including phenoxy) is 1. The van der Waals surface area contributed by atoms with Crippen LogP contribution in [0.1, 0.15) is 17.3 Å². The Labute approximate surface area is 105 Å². The van der Waals surface area contributed by atoms with Gasteiger partial charge in [0, 0.05) is 5.75 Å². The Morgan fingerprint density at radius 3 is 2.61 bits per heavy atom. The van der Waals surface area contributed by atoms with E-state index in [1.54, 1.807) is 0 Å². The highest BCUT2D eigenvalue weighted by molar-refractivity contribution is 8.00. The molecule has 0 atom stereocenters. The zero-order valence-electron chi connectivity index (χ0n) is 9.38. The van der Waals surface area contributed by atoms with Crippen molar-refractivity contribution in [1.82, 2.24) is 0 Å². The molecular weight excluding hydrogens is 272 g/mol. The van der Waals surface area contributed by atoms with Gasteiger partial charge in [0.05, 0.1) is 12.2 Å². The highest BCUT2D eigenvalue weighted by Gasteiger charge is 2.27. The van der Waals surface area contributed by atoms with Crippen molar-refractivity contribution in [2.45, 2.75) is 12.4 Å². The molecule has 0 saturated heterocycles. The van der Waals surface area contributed by atoms with Crippen LogP contribution in [-0.4, -0.2) is 23.7 Å². The van der Waals surface area contributed by atoms with E-state index >= 15 is 0 Å². The molecule has 0 N–H and O–H groups in total. The van der Waals surface area contributed by atoms with Gasteiger partial charge in [-0.3, -0.25) is 4.79 Å². The van der Waals surface area contributed by atoms with E-state index in [1.165, 1.54) is 13.0 Å². The van der Waals surface area contributed by atoms with Crippen LogP contribution >= 0.6 is 11.8 Å². The largest absolute Gasteiger partial charge is 0.492 e.